The maximum Gasteiger partial charge on any atom is 0.420 e. The van der Waals surface area contributed by atoms with Crippen molar-refractivity contribution in [2.75, 3.05) is 11.9 Å². The predicted octanol–water partition coefficient (Wildman–Crippen LogP) is 4.97. The van der Waals surface area contributed by atoms with Crippen LogP contribution in [0.4, 0.5) is 23.2 Å². The number of nitrogens with one attached hydrogen (secondary N) is 2. The van der Waals surface area contributed by atoms with E-state index in [0.717, 1.165) is 41.7 Å². The number of carbonyl (C=O) groups is 1. The molecule has 1 amide bonds. The second kappa shape index (κ2) is 7.66. The van der Waals surface area contributed by atoms with Gasteiger partial charge in [-0.05, 0) is 51.3 Å². The van der Waals surface area contributed by atoms with Gasteiger partial charge in [-0.1, -0.05) is 0 Å². The first-order valence-corrected chi connectivity index (χ1v) is 10.3. The largest absolute Gasteiger partial charge is 0.420 e. The van der Waals surface area contributed by atoms with Crippen molar-refractivity contribution in [3.63, 3.8) is 0 Å². The highest BCUT2D eigenvalue weighted by Gasteiger charge is 2.35. The molecule has 0 aromatic carbocycles. The lowest BCUT2D eigenvalue weighted by atomic mass is 9.92. The van der Waals surface area contributed by atoms with Gasteiger partial charge in [0.1, 0.15) is 21.9 Å². The molecule has 3 aromatic heterocycles. The molecule has 1 aliphatic rings. The number of alkyl halides is 3. The fraction of sp³-hybridized carbons (Fsp3) is 0.400. The zero-order valence-electron chi connectivity index (χ0n) is 16.3. The Bertz CT molecular complexity index is 1100. The van der Waals surface area contributed by atoms with Crippen LogP contribution in [-0.4, -0.2) is 27.9 Å². The van der Waals surface area contributed by atoms with E-state index in [2.05, 4.69) is 22.5 Å². The van der Waals surface area contributed by atoms with Crippen molar-refractivity contribution in [1.82, 2.24) is 14.7 Å². The molecule has 1 saturated heterocycles. The number of pyridine rings is 1. The van der Waals surface area contributed by atoms with Gasteiger partial charge < -0.3 is 15.0 Å². The number of amides is 1. The molecular weight excluding hydrogens is 420 g/mol. The van der Waals surface area contributed by atoms with Gasteiger partial charge in [-0.25, -0.2) is 9.37 Å². The molecule has 0 spiro atoms. The van der Waals surface area contributed by atoms with Gasteiger partial charge in [-0.3, -0.25) is 4.79 Å². The van der Waals surface area contributed by atoms with E-state index in [1.54, 1.807) is 6.92 Å². The normalized spacial score (nSPS) is 19.9. The molecule has 5 nitrogen and oxygen atoms in total. The molecule has 160 valence electrons. The van der Waals surface area contributed by atoms with Crippen LogP contribution in [0.15, 0.2) is 24.5 Å². The van der Waals surface area contributed by atoms with Crippen LogP contribution in [0, 0.1) is 12.7 Å². The van der Waals surface area contributed by atoms with Crippen LogP contribution in [-0.2, 0) is 6.18 Å². The van der Waals surface area contributed by atoms with E-state index >= 15 is 0 Å². The quantitative estimate of drug-likeness (QED) is 0.566. The Balaban J connectivity index is 1.62. The van der Waals surface area contributed by atoms with Crippen LogP contribution < -0.4 is 10.6 Å². The van der Waals surface area contributed by atoms with Gasteiger partial charge in [0.25, 0.3) is 5.91 Å². The first kappa shape index (κ1) is 20.8. The van der Waals surface area contributed by atoms with Crippen LogP contribution in [0.3, 0.4) is 0 Å². The third-order valence-corrected chi connectivity index (χ3v) is 6.44. The van der Waals surface area contributed by atoms with Crippen molar-refractivity contribution in [3.8, 4) is 0 Å². The molecule has 0 aliphatic carbocycles. The third-order valence-electron chi connectivity index (χ3n) is 5.17. The number of anilines is 1. The molecule has 0 saturated carbocycles. The number of nitrogens with zero attached hydrogens (tertiary/aromatic N) is 2. The highest BCUT2D eigenvalue weighted by atomic mass is 32.1. The number of hydrogen-bond donors (Lipinski definition) is 2. The molecule has 10 heteroatoms. The van der Waals surface area contributed by atoms with Gasteiger partial charge in [-0.2, -0.15) is 13.2 Å². The molecule has 2 unspecified atom stereocenters. The van der Waals surface area contributed by atoms with E-state index in [0.29, 0.717) is 11.7 Å². The molecular formula is C20H20F4N4OS. The van der Waals surface area contributed by atoms with Crippen molar-refractivity contribution in [2.24, 2.45) is 0 Å². The van der Waals surface area contributed by atoms with Crippen molar-refractivity contribution < 1.29 is 22.4 Å². The van der Waals surface area contributed by atoms with E-state index < -0.39 is 23.5 Å². The van der Waals surface area contributed by atoms with Crippen LogP contribution >= 0.6 is 11.3 Å². The lowest BCUT2D eigenvalue weighted by Crippen LogP contribution is -2.34. The highest BCUT2D eigenvalue weighted by Crippen LogP contribution is 2.36. The number of fused-ring (bicyclic) bond motifs is 1. The molecule has 0 bridgehead atoms. The Hall–Kier alpha value is -2.46. The fourth-order valence-corrected chi connectivity index (χ4v) is 4.90. The summed E-state index contributed by atoms with van der Waals surface area (Å²) in [4.78, 5) is 17.2. The van der Waals surface area contributed by atoms with Gasteiger partial charge in [0.2, 0.25) is 0 Å². The van der Waals surface area contributed by atoms with Crippen molar-refractivity contribution in [2.45, 2.75) is 44.8 Å². The SMILES string of the molecule is Cc1cn2cc(NC(=O)c3sc(C4CCNC(C)C4)cc3F)cc(C(F)(F)F)c2n1. The number of thiophene rings is 1. The first-order chi connectivity index (χ1) is 14.1. The summed E-state index contributed by atoms with van der Waals surface area (Å²) in [5.74, 6) is -1.27. The summed E-state index contributed by atoms with van der Waals surface area (Å²) in [7, 11) is 0. The minimum atomic E-state index is -4.65. The highest BCUT2D eigenvalue weighted by molar-refractivity contribution is 7.14. The average molecular weight is 440 g/mol. The second-order valence-electron chi connectivity index (χ2n) is 7.61. The average Bonchev–Trinajstić information content (AvgIpc) is 3.22. The summed E-state index contributed by atoms with van der Waals surface area (Å²) in [6, 6.07) is 2.49. The summed E-state index contributed by atoms with van der Waals surface area (Å²) in [6.45, 7) is 4.45. The van der Waals surface area contributed by atoms with Gasteiger partial charge >= 0.3 is 6.18 Å². The number of rotatable bonds is 3. The fourth-order valence-electron chi connectivity index (χ4n) is 3.82. The molecule has 1 fully saturated rings. The Morgan fingerprint density at radius 3 is 2.80 bits per heavy atom. The van der Waals surface area contributed by atoms with E-state index in [9.17, 15) is 22.4 Å². The molecule has 2 N–H and O–H groups in total. The number of hydrogen-bond acceptors (Lipinski definition) is 4. The van der Waals surface area contributed by atoms with E-state index in [1.165, 1.54) is 22.9 Å². The molecule has 4 rings (SSSR count). The molecule has 2 atom stereocenters. The van der Waals surface area contributed by atoms with Crippen LogP contribution in [0.1, 0.15) is 51.5 Å². The van der Waals surface area contributed by atoms with Crippen molar-refractivity contribution >= 4 is 28.6 Å². The summed E-state index contributed by atoms with van der Waals surface area (Å²) in [5.41, 5.74) is -0.886. The Labute approximate surface area is 174 Å². The number of carbonyl (C=O) groups excluding carboxylic acids is 1. The summed E-state index contributed by atoms with van der Waals surface area (Å²) in [5, 5.41) is 5.73. The maximum absolute atomic E-state index is 14.5. The van der Waals surface area contributed by atoms with Gasteiger partial charge in [0.05, 0.1) is 11.4 Å². The number of aromatic nitrogens is 2. The topological polar surface area (TPSA) is 58.4 Å². The Kier molecular flexibility index (Phi) is 5.31. The lowest BCUT2D eigenvalue weighted by Gasteiger charge is -2.27. The standard InChI is InChI=1S/C20H20F4N4OS/c1-10-5-12(3-4-25-10)16-7-15(21)17(30-16)19(29)27-13-6-14(20(22,23)24)18-26-11(2)8-28(18)9-13/h6-10,12,25H,3-5H2,1-2H3,(H,27,29). The summed E-state index contributed by atoms with van der Waals surface area (Å²) in [6.07, 6.45) is -0.192. The van der Waals surface area contributed by atoms with Crippen molar-refractivity contribution in [3.05, 3.63) is 51.4 Å². The minimum Gasteiger partial charge on any atom is -0.320 e. The van der Waals surface area contributed by atoms with Crippen molar-refractivity contribution in [1.29, 1.82) is 0 Å². The zero-order valence-corrected chi connectivity index (χ0v) is 17.1. The van der Waals surface area contributed by atoms with Crippen LogP contribution in [0.25, 0.3) is 5.65 Å². The van der Waals surface area contributed by atoms with Gasteiger partial charge in [-0.15, -0.1) is 11.3 Å². The van der Waals surface area contributed by atoms with E-state index in [1.807, 2.05) is 0 Å². The molecule has 3 aromatic rings. The molecule has 1 aliphatic heterocycles. The Morgan fingerprint density at radius 1 is 1.33 bits per heavy atom. The van der Waals surface area contributed by atoms with Crippen LogP contribution in [0.2, 0.25) is 0 Å². The zero-order chi connectivity index (χ0) is 21.6. The number of aryl methyl sites for hydroxylation is 1. The number of imidazole rings is 1. The lowest BCUT2D eigenvalue weighted by molar-refractivity contribution is -0.136. The van der Waals surface area contributed by atoms with Gasteiger partial charge in [0.15, 0.2) is 0 Å². The van der Waals surface area contributed by atoms with Gasteiger partial charge in [0, 0.05) is 23.3 Å². The smallest absolute Gasteiger partial charge is 0.320 e. The third kappa shape index (κ3) is 4.06. The first-order valence-electron chi connectivity index (χ1n) is 9.52. The summed E-state index contributed by atoms with van der Waals surface area (Å²) >= 11 is 1.06. The number of piperidine rings is 1. The summed E-state index contributed by atoms with van der Waals surface area (Å²) < 4.78 is 56.0. The minimum absolute atomic E-state index is 0.0814. The monoisotopic (exact) mass is 440 g/mol. The van der Waals surface area contributed by atoms with Crippen LogP contribution in [0.5, 0.6) is 0 Å². The number of halogens is 4. The predicted molar refractivity (Wildman–Crippen MR) is 107 cm³/mol. The maximum atomic E-state index is 14.5. The molecule has 0 radical (unpaired) electrons. The molecule has 30 heavy (non-hydrogen) atoms. The molecule has 4 heterocycles. The van der Waals surface area contributed by atoms with E-state index in [4.69, 9.17) is 0 Å². The Morgan fingerprint density at radius 2 is 2.10 bits per heavy atom. The van der Waals surface area contributed by atoms with E-state index in [-0.39, 0.29) is 22.1 Å². The second-order valence-corrected chi connectivity index (χ2v) is 8.69.